The molecule has 6 fully saturated rings. The molecule has 6 rings (SSSR count). The van der Waals surface area contributed by atoms with Crippen LogP contribution in [0.5, 0.6) is 0 Å². The van der Waals surface area contributed by atoms with Gasteiger partial charge >= 0.3 is 0 Å². The predicted octanol–water partition coefficient (Wildman–Crippen LogP) is 2.15. The monoisotopic (exact) mass is 784 g/mol. The van der Waals surface area contributed by atoms with E-state index in [1.807, 2.05) is 6.92 Å². The number of hydrogen-bond donors (Lipinski definition) is 9. The Labute approximate surface area is 327 Å². The minimum atomic E-state index is -1.75. The van der Waals surface area contributed by atoms with Gasteiger partial charge in [-0.3, -0.25) is 0 Å². The van der Waals surface area contributed by atoms with Crippen LogP contribution in [0.4, 0.5) is 0 Å². The number of rotatable bonds is 10. The van der Waals surface area contributed by atoms with Crippen molar-refractivity contribution in [1.82, 2.24) is 0 Å². The summed E-state index contributed by atoms with van der Waals surface area (Å²) in [5, 5.41) is 97.4. The van der Waals surface area contributed by atoms with Gasteiger partial charge in [0.2, 0.25) is 0 Å². The molecule has 55 heavy (non-hydrogen) atoms. The topological polar surface area (TPSA) is 219 Å². The van der Waals surface area contributed by atoms with Crippen LogP contribution >= 0.6 is 0 Å². The fraction of sp³-hybridized carbons (Fsp3) is 0.952. The Kier molecular flexibility index (Phi) is 12.5. The number of allylic oxidation sites excluding steroid dienone is 2. The molecule has 0 aromatic carbocycles. The third-order valence-electron chi connectivity index (χ3n) is 16.6. The van der Waals surface area contributed by atoms with Crippen LogP contribution < -0.4 is 0 Å². The molecule has 6 aliphatic rings. The molecule has 0 amide bonds. The zero-order chi connectivity index (χ0) is 40.6. The molecule has 0 aromatic rings. The van der Waals surface area contributed by atoms with Gasteiger partial charge in [0.05, 0.1) is 31.0 Å². The largest absolute Gasteiger partial charge is 0.394 e. The highest BCUT2D eigenvalue weighted by Crippen LogP contribution is 2.76. The van der Waals surface area contributed by atoms with Gasteiger partial charge in [0, 0.05) is 0 Å². The maximum atomic E-state index is 12.2. The summed E-state index contributed by atoms with van der Waals surface area (Å²) in [4.78, 5) is 0. The van der Waals surface area contributed by atoms with E-state index >= 15 is 0 Å². The van der Waals surface area contributed by atoms with Crippen molar-refractivity contribution in [2.75, 3.05) is 13.2 Å². The number of aliphatic hydroxyl groups excluding tert-OH is 8. The second kappa shape index (κ2) is 15.7. The molecular formula is C42H72O13. The van der Waals surface area contributed by atoms with Gasteiger partial charge in [-0.05, 0) is 124 Å². The molecule has 13 heteroatoms. The normalized spacial score (nSPS) is 52.0. The van der Waals surface area contributed by atoms with Crippen molar-refractivity contribution in [1.29, 1.82) is 0 Å². The third-order valence-corrected chi connectivity index (χ3v) is 16.6. The molecule has 2 aliphatic heterocycles. The smallest absolute Gasteiger partial charge is 0.187 e. The standard InChI is InChI=1S/C42H72O13/c1-21(2)10-9-14-42(8,51)22-11-16-41(7)29(22)23(45)18-27-39(5)15-13-28(38(3,4)26(39)12-17-40(27,41)6)54-37-35(33(49)31(47)25(20-44)53-37)55-36-34(50)32(48)30(46)24(19-43)52-36/h10,22-37,43-51H,9,11-20H2,1-8H3/t22-,23+,24+,25+,26+,27+,28+,29-,30+,31+,32-,33-,34+,35+,36-,37-,39+,40+,41-,42+/m1/s1. The van der Waals surface area contributed by atoms with Gasteiger partial charge in [0.25, 0.3) is 0 Å². The lowest BCUT2D eigenvalue weighted by molar-refractivity contribution is -0.378. The van der Waals surface area contributed by atoms with Gasteiger partial charge in [-0.2, -0.15) is 0 Å². The maximum Gasteiger partial charge on any atom is 0.187 e. The van der Waals surface area contributed by atoms with Crippen LogP contribution in [0.3, 0.4) is 0 Å². The van der Waals surface area contributed by atoms with E-state index in [0.29, 0.717) is 19.3 Å². The van der Waals surface area contributed by atoms with Crippen molar-refractivity contribution in [3.8, 4) is 0 Å². The van der Waals surface area contributed by atoms with Crippen LogP contribution in [0.15, 0.2) is 11.6 Å². The average molecular weight is 785 g/mol. The fourth-order valence-corrected chi connectivity index (χ4v) is 13.3. The summed E-state index contributed by atoms with van der Waals surface area (Å²) < 4.78 is 24.4. The Morgan fingerprint density at radius 1 is 0.727 bits per heavy atom. The van der Waals surface area contributed by atoms with Crippen LogP contribution in [-0.4, -0.2) is 138 Å². The lowest BCUT2D eigenvalue weighted by atomic mass is 9.35. The summed E-state index contributed by atoms with van der Waals surface area (Å²) in [6.07, 6.45) is -6.48. The lowest BCUT2D eigenvalue weighted by Gasteiger charge is -2.70. The average Bonchev–Trinajstić information content (AvgIpc) is 3.50. The fourth-order valence-electron chi connectivity index (χ4n) is 13.3. The first-order valence-electron chi connectivity index (χ1n) is 20.9. The molecule has 13 nitrogen and oxygen atoms in total. The Bertz CT molecular complexity index is 1370. The molecule has 9 N–H and O–H groups in total. The molecular weight excluding hydrogens is 712 g/mol. The first-order chi connectivity index (χ1) is 25.6. The van der Waals surface area contributed by atoms with Gasteiger partial charge < -0.3 is 64.9 Å². The highest BCUT2D eigenvalue weighted by atomic mass is 16.8. The van der Waals surface area contributed by atoms with Gasteiger partial charge in [-0.1, -0.05) is 46.3 Å². The van der Waals surface area contributed by atoms with Gasteiger partial charge in [-0.25, -0.2) is 0 Å². The second-order valence-electron chi connectivity index (χ2n) is 20.1. The summed E-state index contributed by atoms with van der Waals surface area (Å²) in [6.45, 7) is 16.5. The van der Waals surface area contributed by atoms with E-state index < -0.39 is 97.8 Å². The summed E-state index contributed by atoms with van der Waals surface area (Å²) in [5.41, 5.74) is -0.405. The van der Waals surface area contributed by atoms with E-state index in [9.17, 15) is 46.0 Å². The molecule has 0 unspecified atom stereocenters. The van der Waals surface area contributed by atoms with Crippen LogP contribution in [0.1, 0.15) is 113 Å². The minimum Gasteiger partial charge on any atom is -0.394 e. The quantitative estimate of drug-likeness (QED) is 0.115. The number of fused-ring (bicyclic) bond motifs is 5. The molecule has 20 atom stereocenters. The Hall–Kier alpha value is -0.780. The van der Waals surface area contributed by atoms with Crippen LogP contribution in [0.25, 0.3) is 0 Å². The zero-order valence-electron chi connectivity index (χ0n) is 34.3. The summed E-state index contributed by atoms with van der Waals surface area (Å²) in [6, 6.07) is 0. The van der Waals surface area contributed by atoms with E-state index in [1.54, 1.807) is 0 Å². The highest BCUT2D eigenvalue weighted by Gasteiger charge is 2.71. The van der Waals surface area contributed by atoms with Crippen molar-refractivity contribution in [3.05, 3.63) is 11.6 Å². The van der Waals surface area contributed by atoms with Crippen molar-refractivity contribution < 1.29 is 64.9 Å². The Morgan fingerprint density at radius 3 is 1.95 bits per heavy atom. The SMILES string of the molecule is CC(C)=CCC[C@](C)(O)[C@@H]1CC[C@]2(C)[C@H]1[C@@H](O)C[C@H]1[C@@]3(C)CC[C@H](O[C@H]4O[C@@H](CO)[C@H](O)[C@@H](O)[C@@H]4O[C@H]4O[C@@H](CO)[C@H](O)[C@@H](O)[C@@H]4O)C(C)(C)[C@@H]3CC[C@@]12C. The molecule has 0 spiro atoms. The van der Waals surface area contributed by atoms with Crippen LogP contribution in [0, 0.1) is 45.3 Å². The molecule has 4 aliphatic carbocycles. The van der Waals surface area contributed by atoms with E-state index in [0.717, 1.165) is 38.5 Å². The zero-order valence-corrected chi connectivity index (χ0v) is 34.3. The van der Waals surface area contributed by atoms with E-state index in [-0.39, 0.29) is 39.9 Å². The van der Waals surface area contributed by atoms with E-state index in [4.69, 9.17) is 18.9 Å². The highest BCUT2D eigenvalue weighted by molar-refractivity contribution is 5.20. The van der Waals surface area contributed by atoms with Gasteiger partial charge in [-0.15, -0.1) is 0 Å². The van der Waals surface area contributed by atoms with E-state index in [2.05, 4.69) is 54.5 Å². The second-order valence-corrected chi connectivity index (χ2v) is 20.1. The first kappa shape index (κ1) is 43.8. The summed E-state index contributed by atoms with van der Waals surface area (Å²) in [5.74, 6) is 0.445. The molecule has 0 radical (unpaired) electrons. The van der Waals surface area contributed by atoms with Gasteiger partial charge in [0.15, 0.2) is 12.6 Å². The molecule has 2 saturated heterocycles. The first-order valence-corrected chi connectivity index (χ1v) is 20.9. The number of hydrogen-bond acceptors (Lipinski definition) is 13. The number of aliphatic hydroxyl groups is 9. The lowest BCUT2D eigenvalue weighted by Crippen LogP contribution is -2.68. The summed E-state index contributed by atoms with van der Waals surface area (Å²) >= 11 is 0. The third kappa shape index (κ3) is 7.20. The number of ether oxygens (including phenoxy) is 4. The Morgan fingerprint density at radius 2 is 1.33 bits per heavy atom. The molecule has 318 valence electrons. The van der Waals surface area contributed by atoms with Crippen LogP contribution in [-0.2, 0) is 18.9 Å². The minimum absolute atomic E-state index is 0.00798. The van der Waals surface area contributed by atoms with Crippen molar-refractivity contribution >= 4 is 0 Å². The van der Waals surface area contributed by atoms with Gasteiger partial charge in [0.1, 0.15) is 48.8 Å². The molecule has 4 saturated carbocycles. The van der Waals surface area contributed by atoms with Crippen molar-refractivity contribution in [2.24, 2.45) is 45.3 Å². The maximum absolute atomic E-state index is 12.2. The molecule has 0 aromatic heterocycles. The Balaban J connectivity index is 1.23. The van der Waals surface area contributed by atoms with Crippen molar-refractivity contribution in [2.45, 2.75) is 192 Å². The molecule has 0 bridgehead atoms. The molecule has 2 heterocycles. The predicted molar refractivity (Wildman–Crippen MR) is 201 cm³/mol. The summed E-state index contributed by atoms with van der Waals surface area (Å²) in [7, 11) is 0. The van der Waals surface area contributed by atoms with Crippen molar-refractivity contribution in [3.63, 3.8) is 0 Å². The van der Waals surface area contributed by atoms with Crippen LogP contribution in [0.2, 0.25) is 0 Å². The van der Waals surface area contributed by atoms with E-state index in [1.165, 1.54) is 5.57 Å².